The number of benzene rings is 2. The largest absolute Gasteiger partial charge is 0.457 e. The number of aromatic nitrogens is 1. The zero-order chi connectivity index (χ0) is 28.7. The number of nitrogens with one attached hydrogen (secondary N) is 2. The number of fused-ring (bicyclic) bond motifs is 2. The molecule has 3 aliphatic rings. The van der Waals surface area contributed by atoms with Gasteiger partial charge in [0, 0.05) is 61.3 Å². The highest BCUT2D eigenvalue weighted by atomic mass is 16.5. The fourth-order valence-corrected chi connectivity index (χ4v) is 6.81. The average molecular weight is 567 g/mol. The highest BCUT2D eigenvalue weighted by Crippen LogP contribution is 2.44. The van der Waals surface area contributed by atoms with Crippen molar-refractivity contribution >= 4 is 11.8 Å². The second-order valence-electron chi connectivity index (χ2n) is 12.2. The molecule has 1 unspecified atom stereocenters. The Hall–Kier alpha value is -3.71. The Morgan fingerprint density at radius 1 is 0.857 bits per heavy atom. The number of hydrogen-bond acceptors (Lipinski definition) is 5. The van der Waals surface area contributed by atoms with Crippen LogP contribution >= 0.6 is 0 Å². The van der Waals surface area contributed by atoms with E-state index < -0.39 is 5.92 Å². The van der Waals surface area contributed by atoms with E-state index in [9.17, 15) is 9.59 Å². The maximum absolute atomic E-state index is 14.0. The van der Waals surface area contributed by atoms with Gasteiger partial charge in [-0.15, -0.1) is 0 Å². The molecule has 6 rings (SSSR count). The van der Waals surface area contributed by atoms with Crippen LogP contribution in [0.25, 0.3) is 0 Å². The van der Waals surface area contributed by atoms with Crippen molar-refractivity contribution in [3.8, 4) is 11.5 Å². The lowest BCUT2D eigenvalue weighted by Crippen LogP contribution is -2.47. The van der Waals surface area contributed by atoms with Crippen molar-refractivity contribution in [3.05, 3.63) is 89.2 Å². The zero-order valence-corrected chi connectivity index (χ0v) is 24.4. The molecular weight excluding hydrogens is 524 g/mol. The second kappa shape index (κ2) is 13.5. The van der Waals surface area contributed by atoms with E-state index in [1.807, 2.05) is 42.5 Å². The summed E-state index contributed by atoms with van der Waals surface area (Å²) in [6, 6.07) is 17.0. The number of para-hydroxylation sites is 1. The molecule has 1 saturated carbocycles. The smallest absolute Gasteiger partial charge is 0.251 e. The molecule has 1 aromatic heterocycles. The number of ether oxygens (including phenoxy) is 1. The molecule has 3 heterocycles. The SMILES string of the molecule is O=C(NCc1cccnc1)c1ccc2c(c1)C(C(=O)NC1CCN(CC3CCCCCCC3)CC1)c1ccccc1O2. The van der Waals surface area contributed by atoms with Crippen LogP contribution in [-0.4, -0.2) is 47.4 Å². The van der Waals surface area contributed by atoms with E-state index in [2.05, 4.69) is 20.5 Å². The minimum absolute atomic E-state index is 0.0293. The van der Waals surface area contributed by atoms with Crippen molar-refractivity contribution in [2.75, 3.05) is 19.6 Å². The minimum atomic E-state index is -0.538. The Labute approximate surface area is 249 Å². The number of hydrogen-bond donors (Lipinski definition) is 2. The molecule has 2 aliphatic heterocycles. The van der Waals surface area contributed by atoms with Crippen LogP contribution in [0.4, 0.5) is 0 Å². The van der Waals surface area contributed by atoms with Gasteiger partial charge in [-0.2, -0.15) is 0 Å². The van der Waals surface area contributed by atoms with E-state index in [-0.39, 0.29) is 17.9 Å². The lowest BCUT2D eigenvalue weighted by atomic mass is 9.85. The molecule has 2 fully saturated rings. The maximum atomic E-state index is 14.0. The summed E-state index contributed by atoms with van der Waals surface area (Å²) in [6.45, 7) is 3.65. The van der Waals surface area contributed by atoms with Crippen molar-refractivity contribution < 1.29 is 14.3 Å². The van der Waals surface area contributed by atoms with Crippen molar-refractivity contribution in [1.29, 1.82) is 0 Å². The number of carbonyl (C=O) groups is 2. The van der Waals surface area contributed by atoms with Crippen LogP contribution in [0.5, 0.6) is 11.5 Å². The number of carbonyl (C=O) groups excluding carboxylic acids is 2. The van der Waals surface area contributed by atoms with Crippen LogP contribution < -0.4 is 15.4 Å². The molecule has 7 nitrogen and oxygen atoms in total. The van der Waals surface area contributed by atoms with Gasteiger partial charge < -0.3 is 20.3 Å². The summed E-state index contributed by atoms with van der Waals surface area (Å²) in [6.07, 6.45) is 15.0. The molecule has 3 aromatic rings. The van der Waals surface area contributed by atoms with Crippen LogP contribution in [0.1, 0.15) is 90.8 Å². The number of nitrogens with zero attached hydrogens (tertiary/aromatic N) is 2. The van der Waals surface area contributed by atoms with Crippen molar-refractivity contribution in [3.63, 3.8) is 0 Å². The van der Waals surface area contributed by atoms with Gasteiger partial charge in [0.15, 0.2) is 0 Å². The predicted octanol–water partition coefficient (Wildman–Crippen LogP) is 6.19. The van der Waals surface area contributed by atoms with E-state index in [1.54, 1.807) is 24.5 Å². The molecule has 2 N–H and O–H groups in total. The summed E-state index contributed by atoms with van der Waals surface area (Å²) >= 11 is 0. The number of rotatable bonds is 7. The first-order valence-corrected chi connectivity index (χ1v) is 15.7. The molecule has 1 saturated heterocycles. The highest BCUT2D eigenvalue weighted by Gasteiger charge is 2.35. The Morgan fingerprint density at radius 2 is 1.62 bits per heavy atom. The van der Waals surface area contributed by atoms with Crippen molar-refractivity contribution in [2.45, 2.75) is 76.3 Å². The summed E-state index contributed by atoms with van der Waals surface area (Å²) in [5, 5.41) is 6.35. The first kappa shape index (κ1) is 28.4. The fourth-order valence-electron chi connectivity index (χ4n) is 6.81. The van der Waals surface area contributed by atoms with Gasteiger partial charge in [0.05, 0.1) is 5.92 Å². The lowest BCUT2D eigenvalue weighted by Gasteiger charge is -2.36. The van der Waals surface area contributed by atoms with Gasteiger partial charge in [-0.1, -0.05) is 56.4 Å². The van der Waals surface area contributed by atoms with Gasteiger partial charge in [0.25, 0.3) is 5.91 Å². The molecule has 0 bridgehead atoms. The van der Waals surface area contributed by atoms with E-state index in [0.717, 1.165) is 48.5 Å². The first-order valence-electron chi connectivity index (χ1n) is 15.7. The number of amides is 2. The van der Waals surface area contributed by atoms with Crippen LogP contribution in [0.15, 0.2) is 67.0 Å². The third-order valence-electron chi connectivity index (χ3n) is 9.15. The molecule has 1 atom stereocenters. The molecule has 7 heteroatoms. The monoisotopic (exact) mass is 566 g/mol. The molecular formula is C35H42N4O3. The molecule has 2 aromatic carbocycles. The molecule has 2 amide bonds. The van der Waals surface area contributed by atoms with E-state index in [0.29, 0.717) is 23.6 Å². The van der Waals surface area contributed by atoms with E-state index in [4.69, 9.17) is 4.74 Å². The summed E-state index contributed by atoms with van der Waals surface area (Å²) in [5.74, 6) is 1.36. The summed E-state index contributed by atoms with van der Waals surface area (Å²) in [5.41, 5.74) is 2.98. The molecule has 42 heavy (non-hydrogen) atoms. The number of piperidine rings is 1. The average Bonchev–Trinajstić information content (AvgIpc) is 3.01. The molecule has 220 valence electrons. The summed E-state index contributed by atoms with van der Waals surface area (Å²) < 4.78 is 6.19. The Morgan fingerprint density at radius 3 is 2.40 bits per heavy atom. The predicted molar refractivity (Wildman–Crippen MR) is 164 cm³/mol. The third-order valence-corrected chi connectivity index (χ3v) is 9.15. The number of likely N-dealkylation sites (tertiary alicyclic amines) is 1. The lowest BCUT2D eigenvalue weighted by molar-refractivity contribution is -0.122. The molecule has 0 spiro atoms. The summed E-state index contributed by atoms with van der Waals surface area (Å²) in [4.78, 5) is 33.8. The zero-order valence-electron chi connectivity index (χ0n) is 24.4. The Bertz CT molecular complexity index is 1360. The highest BCUT2D eigenvalue weighted by molar-refractivity contribution is 5.96. The van der Waals surface area contributed by atoms with Crippen LogP contribution in [0.3, 0.4) is 0 Å². The molecule has 1 aliphatic carbocycles. The normalized spacial score (nSPS) is 19.9. The Kier molecular flexibility index (Phi) is 9.14. The van der Waals surface area contributed by atoms with Gasteiger partial charge in [-0.3, -0.25) is 14.6 Å². The molecule has 0 radical (unpaired) electrons. The third kappa shape index (κ3) is 6.84. The van der Waals surface area contributed by atoms with Crippen LogP contribution in [0, 0.1) is 5.92 Å². The van der Waals surface area contributed by atoms with E-state index >= 15 is 0 Å². The second-order valence-corrected chi connectivity index (χ2v) is 12.2. The van der Waals surface area contributed by atoms with Gasteiger partial charge >= 0.3 is 0 Å². The Balaban J connectivity index is 1.12. The van der Waals surface area contributed by atoms with Crippen LogP contribution in [0.2, 0.25) is 0 Å². The minimum Gasteiger partial charge on any atom is -0.457 e. The maximum Gasteiger partial charge on any atom is 0.251 e. The fraction of sp³-hybridized carbons (Fsp3) is 0.457. The topological polar surface area (TPSA) is 83.6 Å². The first-order chi connectivity index (χ1) is 20.6. The van der Waals surface area contributed by atoms with Crippen molar-refractivity contribution in [1.82, 2.24) is 20.5 Å². The number of pyridine rings is 1. The van der Waals surface area contributed by atoms with Crippen LogP contribution in [-0.2, 0) is 11.3 Å². The quantitative estimate of drug-likeness (QED) is 0.356. The summed E-state index contributed by atoms with van der Waals surface area (Å²) in [7, 11) is 0. The van der Waals surface area contributed by atoms with E-state index in [1.165, 1.54) is 51.5 Å². The van der Waals surface area contributed by atoms with Gasteiger partial charge in [0.1, 0.15) is 11.5 Å². The van der Waals surface area contributed by atoms with Gasteiger partial charge in [0.2, 0.25) is 5.91 Å². The van der Waals surface area contributed by atoms with Crippen molar-refractivity contribution in [2.24, 2.45) is 5.92 Å². The van der Waals surface area contributed by atoms with Gasteiger partial charge in [-0.25, -0.2) is 0 Å². The standard InChI is InChI=1S/C35H42N4O3/c40-34(37-23-26-11-8-18-36-22-26)27-14-15-32-30(21-27)33(29-12-6-7-13-31(29)42-32)35(41)38-28-16-19-39(20-17-28)24-25-9-4-2-1-3-5-10-25/h6-8,11-15,18,21-22,25,28,33H,1-5,9-10,16-17,19-20,23-24H2,(H,37,40)(H,38,41). The van der Waals surface area contributed by atoms with Gasteiger partial charge in [-0.05, 0) is 67.5 Å².